The zero-order valence-electron chi connectivity index (χ0n) is 9.09. The average Bonchev–Trinajstić information content (AvgIpc) is 2.14. The minimum absolute atomic E-state index is 0.0839. The van der Waals surface area contributed by atoms with Crippen LogP contribution in [0.25, 0.3) is 0 Å². The predicted octanol–water partition coefficient (Wildman–Crippen LogP) is 0.878. The van der Waals surface area contributed by atoms with Crippen molar-refractivity contribution >= 4 is 11.9 Å². The van der Waals surface area contributed by atoms with Gasteiger partial charge in [-0.1, -0.05) is 19.9 Å². The third-order valence-electron chi connectivity index (χ3n) is 1.82. The van der Waals surface area contributed by atoms with E-state index in [1.165, 1.54) is 7.11 Å². The molecule has 0 aromatic heterocycles. The van der Waals surface area contributed by atoms with Gasteiger partial charge in [-0.25, -0.2) is 0 Å². The molecule has 0 aliphatic rings. The lowest BCUT2D eigenvalue weighted by Gasteiger charge is -2.10. The lowest BCUT2D eigenvalue weighted by Crippen LogP contribution is -2.32. The van der Waals surface area contributed by atoms with Crippen LogP contribution in [-0.4, -0.2) is 25.5 Å². The summed E-state index contributed by atoms with van der Waals surface area (Å²) in [6.07, 6.45) is 1.75. The number of hydrogen-bond donors (Lipinski definition) is 1. The van der Waals surface area contributed by atoms with E-state index in [1.54, 1.807) is 13.0 Å². The lowest BCUT2D eigenvalue weighted by molar-refractivity contribution is -0.140. The fourth-order valence-electron chi connectivity index (χ4n) is 1.05. The first kappa shape index (κ1) is 12.7. The molecular weight excluding hydrogens is 182 g/mol. The minimum Gasteiger partial charge on any atom is -0.468 e. The first-order chi connectivity index (χ1) is 6.52. The molecule has 14 heavy (non-hydrogen) atoms. The maximum absolute atomic E-state index is 11.4. The third-order valence-corrected chi connectivity index (χ3v) is 1.82. The van der Waals surface area contributed by atoms with Gasteiger partial charge in [0.05, 0.1) is 7.11 Å². The predicted molar refractivity (Wildman–Crippen MR) is 53.6 cm³/mol. The number of allylic oxidation sites excluding steroid dienone is 1. The second kappa shape index (κ2) is 6.18. The number of nitrogens with one attached hydrogen (secondary N) is 1. The van der Waals surface area contributed by atoms with Crippen molar-refractivity contribution in [1.29, 1.82) is 0 Å². The summed E-state index contributed by atoms with van der Waals surface area (Å²) in [7, 11) is 1.29. The van der Waals surface area contributed by atoms with Crippen molar-refractivity contribution in [3.63, 3.8) is 0 Å². The van der Waals surface area contributed by atoms with Gasteiger partial charge in [-0.2, -0.15) is 0 Å². The van der Waals surface area contributed by atoms with Gasteiger partial charge in [0, 0.05) is 5.57 Å². The number of carbonyl (C=O) groups is 2. The van der Waals surface area contributed by atoms with Crippen LogP contribution < -0.4 is 5.32 Å². The Hall–Kier alpha value is -1.32. The van der Waals surface area contributed by atoms with Crippen LogP contribution in [0.4, 0.5) is 0 Å². The van der Waals surface area contributed by atoms with Gasteiger partial charge in [0.25, 0.3) is 0 Å². The molecule has 0 unspecified atom stereocenters. The zero-order chi connectivity index (χ0) is 11.1. The molecule has 0 saturated heterocycles. The van der Waals surface area contributed by atoms with Crippen molar-refractivity contribution in [2.75, 3.05) is 13.7 Å². The Balaban J connectivity index is 4.14. The van der Waals surface area contributed by atoms with E-state index in [0.29, 0.717) is 5.57 Å². The molecule has 0 spiro atoms. The van der Waals surface area contributed by atoms with E-state index in [9.17, 15) is 9.59 Å². The molecule has 0 aromatic carbocycles. The van der Waals surface area contributed by atoms with Gasteiger partial charge in [0.1, 0.15) is 6.54 Å². The van der Waals surface area contributed by atoms with Crippen molar-refractivity contribution in [3.05, 3.63) is 11.6 Å². The smallest absolute Gasteiger partial charge is 0.325 e. The van der Waals surface area contributed by atoms with Crippen LogP contribution in [0, 0.1) is 5.92 Å². The summed E-state index contributed by atoms with van der Waals surface area (Å²) in [6, 6.07) is 0. The van der Waals surface area contributed by atoms with Gasteiger partial charge in [-0.15, -0.1) is 0 Å². The molecule has 0 radical (unpaired) electrons. The highest BCUT2D eigenvalue weighted by atomic mass is 16.5. The second-order valence-corrected chi connectivity index (χ2v) is 3.16. The van der Waals surface area contributed by atoms with Crippen LogP contribution in [0.5, 0.6) is 0 Å². The summed E-state index contributed by atoms with van der Waals surface area (Å²) >= 11 is 0. The average molecular weight is 199 g/mol. The van der Waals surface area contributed by atoms with Crippen molar-refractivity contribution < 1.29 is 14.3 Å². The number of carbonyl (C=O) groups excluding carboxylic acids is 2. The molecular formula is C10H17NO3. The Morgan fingerprint density at radius 3 is 2.36 bits per heavy atom. The summed E-state index contributed by atoms with van der Waals surface area (Å²) in [5, 5.41) is 2.48. The van der Waals surface area contributed by atoms with E-state index >= 15 is 0 Å². The fourth-order valence-corrected chi connectivity index (χ4v) is 1.05. The van der Waals surface area contributed by atoms with E-state index in [1.807, 2.05) is 13.8 Å². The Morgan fingerprint density at radius 1 is 1.43 bits per heavy atom. The normalized spacial score (nSPS) is 11.4. The monoisotopic (exact) mass is 199 g/mol. The minimum atomic E-state index is -0.447. The van der Waals surface area contributed by atoms with Gasteiger partial charge in [0.2, 0.25) is 5.91 Å². The maximum Gasteiger partial charge on any atom is 0.325 e. The molecule has 1 amide bonds. The highest BCUT2D eigenvalue weighted by Crippen LogP contribution is 2.08. The molecule has 0 bridgehead atoms. The summed E-state index contributed by atoms with van der Waals surface area (Å²) < 4.78 is 4.40. The molecule has 80 valence electrons. The molecule has 0 rings (SSSR count). The SMILES string of the molecule is C/C=C(/C(=O)NCC(=O)OC)C(C)C. The summed E-state index contributed by atoms with van der Waals surface area (Å²) in [4.78, 5) is 22.2. The number of amides is 1. The standard InChI is InChI=1S/C10H17NO3/c1-5-8(7(2)3)10(13)11-6-9(12)14-4/h5,7H,6H2,1-4H3,(H,11,13)/b8-5+. The Bertz CT molecular complexity index is 244. The van der Waals surface area contributed by atoms with Gasteiger partial charge in [-0.05, 0) is 12.8 Å². The number of methoxy groups -OCH3 is 1. The van der Waals surface area contributed by atoms with E-state index in [4.69, 9.17) is 0 Å². The first-order valence-corrected chi connectivity index (χ1v) is 4.54. The van der Waals surface area contributed by atoms with Crippen molar-refractivity contribution in [2.24, 2.45) is 5.92 Å². The van der Waals surface area contributed by atoms with Gasteiger partial charge in [-0.3, -0.25) is 9.59 Å². The summed E-state index contributed by atoms with van der Waals surface area (Å²) in [5.41, 5.74) is 0.675. The number of rotatable bonds is 4. The van der Waals surface area contributed by atoms with Crippen LogP contribution in [0.2, 0.25) is 0 Å². The van der Waals surface area contributed by atoms with Crippen LogP contribution >= 0.6 is 0 Å². The van der Waals surface area contributed by atoms with Gasteiger partial charge < -0.3 is 10.1 Å². The Labute approximate surface area is 84.3 Å². The van der Waals surface area contributed by atoms with Crippen molar-refractivity contribution in [1.82, 2.24) is 5.32 Å². The van der Waals surface area contributed by atoms with E-state index in [-0.39, 0.29) is 18.4 Å². The molecule has 0 aliphatic heterocycles. The summed E-state index contributed by atoms with van der Waals surface area (Å²) in [6.45, 7) is 5.56. The quantitative estimate of drug-likeness (QED) is 0.540. The van der Waals surface area contributed by atoms with E-state index < -0.39 is 5.97 Å². The molecule has 4 nitrogen and oxygen atoms in total. The van der Waals surface area contributed by atoms with E-state index in [2.05, 4.69) is 10.1 Å². The second-order valence-electron chi connectivity index (χ2n) is 3.16. The number of hydrogen-bond acceptors (Lipinski definition) is 3. The van der Waals surface area contributed by atoms with Crippen LogP contribution in [0.15, 0.2) is 11.6 Å². The van der Waals surface area contributed by atoms with Crippen molar-refractivity contribution in [3.8, 4) is 0 Å². The van der Waals surface area contributed by atoms with E-state index in [0.717, 1.165) is 0 Å². The molecule has 0 fully saturated rings. The van der Waals surface area contributed by atoms with Gasteiger partial charge >= 0.3 is 5.97 Å². The molecule has 0 aromatic rings. The first-order valence-electron chi connectivity index (χ1n) is 4.54. The van der Waals surface area contributed by atoms with Gasteiger partial charge in [0.15, 0.2) is 0 Å². The molecule has 0 saturated carbocycles. The van der Waals surface area contributed by atoms with Crippen LogP contribution in [-0.2, 0) is 14.3 Å². The number of esters is 1. The van der Waals surface area contributed by atoms with Crippen LogP contribution in [0.3, 0.4) is 0 Å². The third kappa shape index (κ3) is 4.07. The Kier molecular flexibility index (Phi) is 5.60. The number of ether oxygens (including phenoxy) is 1. The molecule has 0 heterocycles. The Morgan fingerprint density at radius 2 is 2.00 bits per heavy atom. The fraction of sp³-hybridized carbons (Fsp3) is 0.600. The highest BCUT2D eigenvalue weighted by molar-refractivity contribution is 5.95. The molecule has 0 aliphatic carbocycles. The zero-order valence-corrected chi connectivity index (χ0v) is 9.09. The summed E-state index contributed by atoms with van der Waals surface area (Å²) in [5.74, 6) is -0.511. The van der Waals surface area contributed by atoms with Crippen LogP contribution in [0.1, 0.15) is 20.8 Å². The molecule has 1 N–H and O–H groups in total. The molecule has 0 atom stereocenters. The molecule has 4 heteroatoms. The topological polar surface area (TPSA) is 55.4 Å². The van der Waals surface area contributed by atoms with Crippen molar-refractivity contribution in [2.45, 2.75) is 20.8 Å². The lowest BCUT2D eigenvalue weighted by atomic mass is 10.0. The highest BCUT2D eigenvalue weighted by Gasteiger charge is 2.12. The maximum atomic E-state index is 11.4. The largest absolute Gasteiger partial charge is 0.468 e.